The predicted octanol–water partition coefficient (Wildman–Crippen LogP) is 2.24. The summed E-state index contributed by atoms with van der Waals surface area (Å²) in [6.45, 7) is 0.567. The Morgan fingerprint density at radius 3 is 2.83 bits per heavy atom. The van der Waals surface area contributed by atoms with Crippen molar-refractivity contribution in [3.8, 4) is 5.75 Å². The molecule has 0 atom stereocenters. The monoisotopic (exact) mass is 309 g/mol. The molecule has 1 amide bonds. The van der Waals surface area contributed by atoms with Crippen molar-refractivity contribution >= 4 is 11.6 Å². The molecular formula is C18H19N3O2. The maximum atomic E-state index is 11.9. The Bertz CT molecular complexity index is 796. The van der Waals surface area contributed by atoms with Crippen LogP contribution >= 0.6 is 0 Å². The van der Waals surface area contributed by atoms with Gasteiger partial charge in [-0.05, 0) is 17.7 Å². The number of pyridine rings is 1. The van der Waals surface area contributed by atoms with Gasteiger partial charge in [0.05, 0.1) is 19.2 Å². The van der Waals surface area contributed by atoms with E-state index in [0.29, 0.717) is 19.4 Å². The first-order chi connectivity index (χ1) is 11.3. The highest BCUT2D eigenvalue weighted by Crippen LogP contribution is 2.18. The summed E-state index contributed by atoms with van der Waals surface area (Å²) in [5.74, 6) is 0.768. The third kappa shape index (κ3) is 3.69. The second kappa shape index (κ2) is 6.96. The second-order valence-corrected chi connectivity index (χ2v) is 5.30. The molecule has 1 aromatic carbocycles. The van der Waals surface area contributed by atoms with Gasteiger partial charge in [0.25, 0.3) is 0 Å². The number of rotatable bonds is 6. The number of methoxy groups -OCH3 is 1. The summed E-state index contributed by atoms with van der Waals surface area (Å²) in [6.07, 6.45) is 4.98. The first kappa shape index (κ1) is 15.1. The molecule has 3 rings (SSSR count). The zero-order valence-electron chi connectivity index (χ0n) is 13.0. The first-order valence-electron chi connectivity index (χ1n) is 7.57. The number of aromatic nitrogens is 2. The fraction of sp³-hybridized carbons (Fsp3) is 0.222. The number of benzene rings is 1. The third-order valence-corrected chi connectivity index (χ3v) is 3.63. The van der Waals surface area contributed by atoms with Crippen LogP contribution in [-0.4, -0.2) is 28.9 Å². The van der Waals surface area contributed by atoms with Crippen molar-refractivity contribution in [2.75, 3.05) is 13.7 Å². The standard InChI is InChI=1S/C18H19N3O2/c1-23-16-8-5-11-21-13-15(20-18(16)21)9-10-19-17(22)12-14-6-3-2-4-7-14/h2-8,11,13H,9-10,12H2,1H3,(H,19,22). The Morgan fingerprint density at radius 1 is 1.22 bits per heavy atom. The molecule has 0 saturated heterocycles. The van der Waals surface area contributed by atoms with Crippen LogP contribution in [0, 0.1) is 0 Å². The van der Waals surface area contributed by atoms with Crippen LogP contribution in [-0.2, 0) is 17.6 Å². The molecule has 5 heteroatoms. The number of ether oxygens (including phenoxy) is 1. The van der Waals surface area contributed by atoms with Gasteiger partial charge in [0, 0.05) is 25.4 Å². The summed E-state index contributed by atoms with van der Waals surface area (Å²) in [5, 5.41) is 2.93. The van der Waals surface area contributed by atoms with Gasteiger partial charge >= 0.3 is 0 Å². The molecule has 0 radical (unpaired) electrons. The zero-order valence-corrected chi connectivity index (χ0v) is 13.0. The number of imidazole rings is 1. The summed E-state index contributed by atoms with van der Waals surface area (Å²) in [4.78, 5) is 16.5. The van der Waals surface area contributed by atoms with Crippen molar-refractivity contribution < 1.29 is 9.53 Å². The molecule has 2 heterocycles. The minimum absolute atomic E-state index is 0.0255. The van der Waals surface area contributed by atoms with Gasteiger partial charge in [-0.25, -0.2) is 4.98 Å². The van der Waals surface area contributed by atoms with E-state index in [1.165, 1.54) is 0 Å². The number of nitrogens with one attached hydrogen (secondary N) is 1. The molecule has 0 bridgehead atoms. The van der Waals surface area contributed by atoms with Crippen LogP contribution in [0.25, 0.3) is 5.65 Å². The molecule has 5 nitrogen and oxygen atoms in total. The molecule has 0 aliphatic rings. The Labute approximate surface area is 134 Å². The summed E-state index contributed by atoms with van der Waals surface area (Å²) >= 11 is 0. The lowest BCUT2D eigenvalue weighted by atomic mass is 10.1. The largest absolute Gasteiger partial charge is 0.493 e. The molecule has 1 N–H and O–H groups in total. The minimum Gasteiger partial charge on any atom is -0.493 e. The summed E-state index contributed by atoms with van der Waals surface area (Å²) in [5.41, 5.74) is 2.73. The number of fused-ring (bicyclic) bond motifs is 1. The third-order valence-electron chi connectivity index (χ3n) is 3.63. The van der Waals surface area contributed by atoms with E-state index in [9.17, 15) is 4.79 Å². The van der Waals surface area contributed by atoms with Crippen LogP contribution in [0.4, 0.5) is 0 Å². The molecule has 0 fully saturated rings. The van der Waals surface area contributed by atoms with E-state index in [-0.39, 0.29) is 5.91 Å². The summed E-state index contributed by atoms with van der Waals surface area (Å²) < 4.78 is 7.23. The molecular weight excluding hydrogens is 290 g/mol. The van der Waals surface area contributed by atoms with Gasteiger partial charge in [0.2, 0.25) is 5.91 Å². The molecule has 3 aromatic rings. The number of hydrogen-bond acceptors (Lipinski definition) is 3. The molecule has 0 spiro atoms. The predicted molar refractivity (Wildman–Crippen MR) is 88.6 cm³/mol. The Balaban J connectivity index is 1.55. The van der Waals surface area contributed by atoms with Crippen molar-refractivity contribution in [1.29, 1.82) is 0 Å². The molecule has 0 saturated carbocycles. The van der Waals surface area contributed by atoms with Crippen molar-refractivity contribution in [1.82, 2.24) is 14.7 Å². The molecule has 118 valence electrons. The molecule has 2 aromatic heterocycles. The lowest BCUT2D eigenvalue weighted by Crippen LogP contribution is -2.27. The average molecular weight is 309 g/mol. The van der Waals surface area contributed by atoms with E-state index < -0.39 is 0 Å². The van der Waals surface area contributed by atoms with Crippen LogP contribution in [0.1, 0.15) is 11.3 Å². The van der Waals surface area contributed by atoms with Gasteiger partial charge in [-0.3, -0.25) is 4.79 Å². The van der Waals surface area contributed by atoms with Gasteiger partial charge in [0.1, 0.15) is 0 Å². The maximum Gasteiger partial charge on any atom is 0.224 e. The Hall–Kier alpha value is -2.82. The minimum atomic E-state index is 0.0255. The SMILES string of the molecule is COc1cccn2cc(CCNC(=O)Cc3ccccc3)nc12. The summed E-state index contributed by atoms with van der Waals surface area (Å²) in [7, 11) is 1.63. The molecule has 0 aliphatic carbocycles. The molecule has 23 heavy (non-hydrogen) atoms. The van der Waals surface area contributed by atoms with Crippen LogP contribution in [0.5, 0.6) is 5.75 Å². The number of hydrogen-bond donors (Lipinski definition) is 1. The van der Waals surface area contributed by atoms with Crippen molar-refractivity contribution in [2.24, 2.45) is 0 Å². The van der Waals surface area contributed by atoms with E-state index in [2.05, 4.69) is 10.3 Å². The van der Waals surface area contributed by atoms with E-state index in [1.807, 2.05) is 59.3 Å². The van der Waals surface area contributed by atoms with Crippen molar-refractivity contribution in [2.45, 2.75) is 12.8 Å². The van der Waals surface area contributed by atoms with Gasteiger partial charge in [0.15, 0.2) is 11.4 Å². The molecule has 0 aliphatic heterocycles. The first-order valence-corrected chi connectivity index (χ1v) is 7.57. The van der Waals surface area contributed by atoms with Gasteiger partial charge < -0.3 is 14.5 Å². The van der Waals surface area contributed by atoms with Crippen LogP contribution < -0.4 is 10.1 Å². The average Bonchev–Trinajstić information content (AvgIpc) is 2.98. The maximum absolute atomic E-state index is 11.9. The van der Waals surface area contributed by atoms with Gasteiger partial charge in [-0.15, -0.1) is 0 Å². The van der Waals surface area contributed by atoms with Crippen molar-refractivity contribution in [3.63, 3.8) is 0 Å². The topological polar surface area (TPSA) is 55.6 Å². The van der Waals surface area contributed by atoms with Gasteiger partial charge in [-0.1, -0.05) is 30.3 Å². The smallest absolute Gasteiger partial charge is 0.224 e. The highest BCUT2D eigenvalue weighted by atomic mass is 16.5. The second-order valence-electron chi connectivity index (χ2n) is 5.30. The number of carbonyl (C=O) groups is 1. The van der Waals surface area contributed by atoms with E-state index in [0.717, 1.165) is 22.7 Å². The Kier molecular flexibility index (Phi) is 4.57. The van der Waals surface area contributed by atoms with E-state index in [4.69, 9.17) is 4.74 Å². The van der Waals surface area contributed by atoms with E-state index >= 15 is 0 Å². The lowest BCUT2D eigenvalue weighted by Gasteiger charge is -2.04. The number of nitrogens with zero attached hydrogens (tertiary/aromatic N) is 2. The lowest BCUT2D eigenvalue weighted by molar-refractivity contribution is -0.120. The highest BCUT2D eigenvalue weighted by molar-refractivity contribution is 5.78. The van der Waals surface area contributed by atoms with Crippen LogP contribution in [0.3, 0.4) is 0 Å². The highest BCUT2D eigenvalue weighted by Gasteiger charge is 2.07. The van der Waals surface area contributed by atoms with Crippen LogP contribution in [0.15, 0.2) is 54.9 Å². The van der Waals surface area contributed by atoms with Crippen molar-refractivity contribution in [3.05, 3.63) is 66.1 Å². The quantitative estimate of drug-likeness (QED) is 0.760. The number of amides is 1. The number of carbonyl (C=O) groups excluding carboxylic acids is 1. The fourth-order valence-corrected chi connectivity index (χ4v) is 2.49. The van der Waals surface area contributed by atoms with Gasteiger partial charge in [-0.2, -0.15) is 0 Å². The normalized spacial score (nSPS) is 10.7. The fourth-order valence-electron chi connectivity index (χ4n) is 2.49. The Morgan fingerprint density at radius 2 is 2.04 bits per heavy atom. The summed E-state index contributed by atoms with van der Waals surface area (Å²) in [6, 6.07) is 13.5. The zero-order chi connectivity index (χ0) is 16.1. The molecule has 0 unspecified atom stereocenters. The van der Waals surface area contributed by atoms with E-state index in [1.54, 1.807) is 7.11 Å². The van der Waals surface area contributed by atoms with Crippen LogP contribution in [0.2, 0.25) is 0 Å².